The maximum absolute atomic E-state index is 12.5. The zero-order valence-electron chi connectivity index (χ0n) is 16.6. The van der Waals surface area contributed by atoms with Gasteiger partial charge < -0.3 is 15.7 Å². The first-order chi connectivity index (χ1) is 14.6. The van der Waals surface area contributed by atoms with Gasteiger partial charge in [-0.1, -0.05) is 6.42 Å². The van der Waals surface area contributed by atoms with E-state index in [0.717, 1.165) is 25.0 Å². The number of nitrogens with zero attached hydrogens (tertiary/aromatic N) is 3. The molecule has 3 N–H and O–H groups in total. The lowest BCUT2D eigenvalue weighted by Crippen LogP contribution is -2.31. The van der Waals surface area contributed by atoms with Gasteiger partial charge in [-0.15, -0.1) is 0 Å². The third-order valence-electron chi connectivity index (χ3n) is 5.25. The van der Waals surface area contributed by atoms with E-state index in [1.807, 2.05) is 13.0 Å². The Morgan fingerprint density at radius 3 is 2.60 bits per heavy atom. The smallest absolute Gasteiger partial charge is 0.342 e. The molecule has 1 fully saturated rings. The number of benzene rings is 1. The van der Waals surface area contributed by atoms with Gasteiger partial charge in [-0.3, -0.25) is 9.78 Å². The monoisotopic (exact) mass is 405 g/mol. The minimum Gasteiger partial charge on any atom is -0.507 e. The van der Waals surface area contributed by atoms with Gasteiger partial charge in [-0.05, 0) is 56.2 Å². The fourth-order valence-corrected chi connectivity index (χ4v) is 3.44. The first kappa shape index (κ1) is 19.6. The molecule has 0 unspecified atom stereocenters. The molecule has 1 aromatic carbocycles. The molecule has 8 nitrogen and oxygen atoms in total. The number of phenolic OH excluding ortho intramolecular Hbond substituents is 1. The summed E-state index contributed by atoms with van der Waals surface area (Å²) in [7, 11) is 0. The van der Waals surface area contributed by atoms with E-state index >= 15 is 0 Å². The molecule has 0 saturated heterocycles. The zero-order chi connectivity index (χ0) is 21.1. The van der Waals surface area contributed by atoms with Crippen LogP contribution >= 0.6 is 0 Å². The molecule has 0 aliphatic heterocycles. The number of pyridine rings is 1. The van der Waals surface area contributed by atoms with Crippen molar-refractivity contribution < 1.29 is 14.7 Å². The van der Waals surface area contributed by atoms with E-state index in [1.54, 1.807) is 36.7 Å². The van der Waals surface area contributed by atoms with Crippen molar-refractivity contribution in [3.8, 4) is 17.0 Å². The Kier molecular flexibility index (Phi) is 5.47. The maximum atomic E-state index is 12.5. The van der Waals surface area contributed by atoms with Crippen molar-refractivity contribution in [1.82, 2.24) is 20.1 Å². The summed E-state index contributed by atoms with van der Waals surface area (Å²) in [6, 6.07) is 9.58. The van der Waals surface area contributed by atoms with Crippen LogP contribution < -0.4 is 10.6 Å². The fourth-order valence-electron chi connectivity index (χ4n) is 3.44. The van der Waals surface area contributed by atoms with Gasteiger partial charge in [0.2, 0.25) is 0 Å². The lowest BCUT2D eigenvalue weighted by molar-refractivity contribution is 0.102. The van der Waals surface area contributed by atoms with Crippen molar-refractivity contribution >= 4 is 17.6 Å². The predicted molar refractivity (Wildman–Crippen MR) is 113 cm³/mol. The van der Waals surface area contributed by atoms with Crippen LogP contribution in [0.5, 0.6) is 5.75 Å². The number of amides is 2. The normalized spacial score (nSPS) is 13.5. The van der Waals surface area contributed by atoms with Gasteiger partial charge in [0, 0.05) is 41.7 Å². The molecular formula is C22H23N5O3. The molecule has 30 heavy (non-hydrogen) atoms. The number of rotatable bonds is 5. The van der Waals surface area contributed by atoms with Gasteiger partial charge in [0.15, 0.2) is 0 Å². The summed E-state index contributed by atoms with van der Waals surface area (Å²) >= 11 is 0. The lowest BCUT2D eigenvalue weighted by atomic mass is 9.82. The van der Waals surface area contributed by atoms with Crippen molar-refractivity contribution in [3.05, 3.63) is 60.0 Å². The molecule has 1 aliphatic rings. The van der Waals surface area contributed by atoms with Crippen LogP contribution in [0.2, 0.25) is 0 Å². The minimum absolute atomic E-state index is 0.0256. The molecule has 2 heterocycles. The Bertz CT molecular complexity index is 1070. The van der Waals surface area contributed by atoms with Crippen LogP contribution in [-0.4, -0.2) is 38.4 Å². The molecule has 154 valence electrons. The van der Waals surface area contributed by atoms with Crippen molar-refractivity contribution in [3.63, 3.8) is 0 Å². The summed E-state index contributed by atoms with van der Waals surface area (Å²) in [6.45, 7) is 2.35. The van der Waals surface area contributed by atoms with Crippen LogP contribution in [-0.2, 0) is 0 Å². The molecule has 0 bridgehead atoms. The Labute approximate surface area is 174 Å². The number of carbonyl (C=O) groups excluding carboxylic acids is 2. The highest BCUT2D eigenvalue weighted by molar-refractivity contribution is 6.04. The molecule has 0 spiro atoms. The highest BCUT2D eigenvalue weighted by atomic mass is 16.3. The number of phenols is 1. The van der Waals surface area contributed by atoms with Gasteiger partial charge in [0.1, 0.15) is 5.75 Å². The number of hydrogen-bond donors (Lipinski definition) is 3. The van der Waals surface area contributed by atoms with Crippen LogP contribution in [0.4, 0.5) is 10.5 Å². The Morgan fingerprint density at radius 2 is 1.93 bits per heavy atom. The van der Waals surface area contributed by atoms with Gasteiger partial charge in [-0.25, -0.2) is 4.79 Å². The van der Waals surface area contributed by atoms with E-state index in [1.165, 1.54) is 10.7 Å². The SMILES string of the molecule is CCNC(=O)n1nc(-c2cc(NC(=O)c3ccncc3)ccc2O)cc1C1CCC1. The number of hydrogen-bond acceptors (Lipinski definition) is 5. The van der Waals surface area contributed by atoms with Gasteiger partial charge in [-0.2, -0.15) is 9.78 Å². The van der Waals surface area contributed by atoms with E-state index in [-0.39, 0.29) is 23.6 Å². The van der Waals surface area contributed by atoms with Crippen LogP contribution in [0.1, 0.15) is 48.2 Å². The van der Waals surface area contributed by atoms with Crippen LogP contribution in [0.3, 0.4) is 0 Å². The van der Waals surface area contributed by atoms with Crippen molar-refractivity contribution in [2.45, 2.75) is 32.1 Å². The second-order valence-electron chi connectivity index (χ2n) is 7.25. The summed E-state index contributed by atoms with van der Waals surface area (Å²) < 4.78 is 1.39. The topological polar surface area (TPSA) is 109 Å². The predicted octanol–water partition coefficient (Wildman–Crippen LogP) is 3.75. The fraction of sp³-hybridized carbons (Fsp3) is 0.273. The first-order valence-corrected chi connectivity index (χ1v) is 9.99. The second-order valence-corrected chi connectivity index (χ2v) is 7.25. The van der Waals surface area contributed by atoms with Gasteiger partial charge in [0.05, 0.1) is 11.4 Å². The van der Waals surface area contributed by atoms with Crippen LogP contribution in [0, 0.1) is 0 Å². The van der Waals surface area contributed by atoms with E-state index in [0.29, 0.717) is 29.1 Å². The van der Waals surface area contributed by atoms with E-state index in [9.17, 15) is 14.7 Å². The van der Waals surface area contributed by atoms with Crippen molar-refractivity contribution in [2.24, 2.45) is 0 Å². The van der Waals surface area contributed by atoms with Crippen molar-refractivity contribution in [2.75, 3.05) is 11.9 Å². The maximum Gasteiger partial charge on any atom is 0.342 e. The van der Waals surface area contributed by atoms with Gasteiger partial charge in [0.25, 0.3) is 5.91 Å². The summed E-state index contributed by atoms with van der Waals surface area (Å²) in [4.78, 5) is 28.8. The molecule has 1 saturated carbocycles. The summed E-state index contributed by atoms with van der Waals surface area (Å²) in [6.07, 6.45) is 6.25. The van der Waals surface area contributed by atoms with Crippen LogP contribution in [0.25, 0.3) is 11.3 Å². The van der Waals surface area contributed by atoms with E-state index in [2.05, 4.69) is 20.7 Å². The molecule has 1 aliphatic carbocycles. The number of nitrogens with one attached hydrogen (secondary N) is 2. The summed E-state index contributed by atoms with van der Waals surface area (Å²) in [5.41, 5.74) is 2.77. The number of carbonyl (C=O) groups is 2. The van der Waals surface area contributed by atoms with Crippen molar-refractivity contribution in [1.29, 1.82) is 0 Å². The summed E-state index contributed by atoms with van der Waals surface area (Å²) in [5, 5.41) is 20.5. The number of aromatic hydroxyl groups is 1. The molecule has 0 atom stereocenters. The highest BCUT2D eigenvalue weighted by Crippen LogP contribution is 2.39. The number of anilines is 1. The lowest BCUT2D eigenvalue weighted by Gasteiger charge is -2.25. The van der Waals surface area contributed by atoms with Gasteiger partial charge >= 0.3 is 6.03 Å². The minimum atomic E-state index is -0.285. The second kappa shape index (κ2) is 8.36. The summed E-state index contributed by atoms with van der Waals surface area (Å²) in [5.74, 6) is 0.0280. The van der Waals surface area contributed by atoms with E-state index in [4.69, 9.17) is 0 Å². The Balaban J connectivity index is 1.66. The van der Waals surface area contributed by atoms with E-state index < -0.39 is 0 Å². The highest BCUT2D eigenvalue weighted by Gasteiger charge is 2.27. The third-order valence-corrected chi connectivity index (χ3v) is 5.25. The molecule has 2 amide bonds. The third kappa shape index (κ3) is 3.89. The Hall–Kier alpha value is -3.68. The first-order valence-electron chi connectivity index (χ1n) is 9.99. The molecule has 4 rings (SSSR count). The zero-order valence-corrected chi connectivity index (χ0v) is 16.6. The average Bonchev–Trinajstić information content (AvgIpc) is 3.13. The van der Waals surface area contributed by atoms with Crippen LogP contribution in [0.15, 0.2) is 48.8 Å². The molecule has 3 aromatic rings. The molecule has 8 heteroatoms. The largest absolute Gasteiger partial charge is 0.507 e. The Morgan fingerprint density at radius 1 is 1.17 bits per heavy atom. The standard InChI is InChI=1S/C22H23N5O3/c1-2-24-22(30)27-19(14-4-3-5-14)13-18(26-27)17-12-16(6-7-20(17)28)25-21(29)15-8-10-23-11-9-15/h6-14,28H,2-5H2,1H3,(H,24,30)(H,25,29). The molecule has 0 radical (unpaired) electrons. The average molecular weight is 405 g/mol. The quantitative estimate of drug-likeness (QED) is 0.560. The molecule has 2 aromatic heterocycles. The number of aromatic nitrogens is 3. The molecular weight excluding hydrogens is 382 g/mol.